The van der Waals surface area contributed by atoms with Crippen LogP contribution in [0.2, 0.25) is 0 Å². The molecule has 0 spiro atoms. The highest BCUT2D eigenvalue weighted by Crippen LogP contribution is 2.31. The number of nitrogens with zero attached hydrogens (tertiary/aromatic N) is 3. The summed E-state index contributed by atoms with van der Waals surface area (Å²) in [6, 6.07) is 4.49. The summed E-state index contributed by atoms with van der Waals surface area (Å²) < 4.78 is 19.8. The molecule has 1 aromatic carbocycles. The molecule has 1 atom stereocenters. The maximum absolute atomic E-state index is 14.6. The van der Waals surface area contributed by atoms with Crippen molar-refractivity contribution in [2.75, 3.05) is 23.9 Å². The van der Waals surface area contributed by atoms with Crippen LogP contribution in [0, 0.1) is 5.82 Å². The van der Waals surface area contributed by atoms with Crippen molar-refractivity contribution in [3.8, 4) is 10.6 Å². The minimum absolute atomic E-state index is 0.206. The van der Waals surface area contributed by atoms with E-state index in [4.69, 9.17) is 16.3 Å². The maximum Gasteiger partial charge on any atom is 0.414 e. The number of amides is 2. The predicted molar refractivity (Wildman–Crippen MR) is 101 cm³/mol. The Bertz CT molecular complexity index is 847. The minimum atomic E-state index is -0.572. The van der Waals surface area contributed by atoms with E-state index >= 15 is 0 Å². The molecule has 3 rings (SSSR count). The Morgan fingerprint density at radius 2 is 2.30 bits per heavy atom. The van der Waals surface area contributed by atoms with Crippen LogP contribution < -0.4 is 10.2 Å². The van der Waals surface area contributed by atoms with Crippen molar-refractivity contribution in [3.05, 3.63) is 29.0 Å². The van der Waals surface area contributed by atoms with E-state index in [0.29, 0.717) is 28.6 Å². The van der Waals surface area contributed by atoms with Gasteiger partial charge in [0, 0.05) is 24.8 Å². The highest BCUT2D eigenvalue weighted by Gasteiger charge is 2.32. The Hall–Kier alpha value is -2.26. The number of nitrogens with one attached hydrogen (secondary N) is 1. The monoisotopic (exact) mass is 412 g/mol. The molecule has 2 amide bonds. The van der Waals surface area contributed by atoms with Gasteiger partial charge in [0.2, 0.25) is 5.91 Å². The van der Waals surface area contributed by atoms with Crippen LogP contribution in [0.4, 0.5) is 14.9 Å². The smallest absolute Gasteiger partial charge is 0.414 e. The number of rotatable bonds is 7. The maximum atomic E-state index is 14.6. The van der Waals surface area contributed by atoms with E-state index in [-0.39, 0.29) is 19.0 Å². The number of halogens is 2. The standard InChI is InChI=1S/C17H18ClFN4O3S/c1-10(24)20-8-12-9-23(17(25)26-12)11-4-5-13(14(19)7-11)16-22-21-15(27-16)3-2-6-18/h4-5,7,12H,2-3,6,8-9H2,1H3,(H,20,24)/t12-/m0/s1. The van der Waals surface area contributed by atoms with Gasteiger partial charge in [-0.2, -0.15) is 0 Å². The lowest BCUT2D eigenvalue weighted by molar-refractivity contribution is -0.119. The number of hydrogen-bond acceptors (Lipinski definition) is 6. The molecule has 7 nitrogen and oxygen atoms in total. The molecule has 0 aliphatic carbocycles. The Labute approximate surface area is 164 Å². The highest BCUT2D eigenvalue weighted by molar-refractivity contribution is 7.14. The SMILES string of the molecule is CC(=O)NC[C@H]1CN(c2ccc(-c3nnc(CCCCl)s3)c(F)c2)C(=O)O1. The fourth-order valence-corrected chi connectivity index (χ4v) is 3.67. The number of benzene rings is 1. The zero-order chi connectivity index (χ0) is 19.4. The number of carbonyl (C=O) groups is 2. The van der Waals surface area contributed by atoms with Crippen molar-refractivity contribution >= 4 is 40.6 Å². The van der Waals surface area contributed by atoms with Gasteiger partial charge in [0.1, 0.15) is 16.9 Å². The second kappa shape index (κ2) is 8.62. The van der Waals surface area contributed by atoms with Gasteiger partial charge in [0.25, 0.3) is 0 Å². The topological polar surface area (TPSA) is 84.4 Å². The minimum Gasteiger partial charge on any atom is -0.442 e. The van der Waals surface area contributed by atoms with Gasteiger partial charge in [-0.25, -0.2) is 9.18 Å². The zero-order valence-electron chi connectivity index (χ0n) is 14.6. The first-order chi connectivity index (χ1) is 13.0. The highest BCUT2D eigenvalue weighted by atomic mass is 35.5. The summed E-state index contributed by atoms with van der Waals surface area (Å²) >= 11 is 6.99. The van der Waals surface area contributed by atoms with Gasteiger partial charge < -0.3 is 10.1 Å². The molecule has 0 unspecified atom stereocenters. The molecule has 1 aromatic heterocycles. The lowest BCUT2D eigenvalue weighted by Crippen LogP contribution is -2.33. The number of cyclic esters (lactones) is 1. The zero-order valence-corrected chi connectivity index (χ0v) is 16.1. The third-order valence-electron chi connectivity index (χ3n) is 3.94. The molecule has 0 bridgehead atoms. The van der Waals surface area contributed by atoms with Gasteiger partial charge in [0.15, 0.2) is 5.01 Å². The van der Waals surface area contributed by atoms with Gasteiger partial charge >= 0.3 is 6.09 Å². The molecular formula is C17H18ClFN4O3S. The molecule has 1 aliphatic rings. The van der Waals surface area contributed by atoms with Gasteiger partial charge in [0.05, 0.1) is 18.8 Å². The summed E-state index contributed by atoms with van der Waals surface area (Å²) in [7, 11) is 0. The van der Waals surface area contributed by atoms with Crippen LogP contribution in [0.25, 0.3) is 10.6 Å². The number of carbonyl (C=O) groups excluding carboxylic acids is 2. The van der Waals surface area contributed by atoms with Crippen molar-refractivity contribution in [1.29, 1.82) is 0 Å². The molecule has 1 aliphatic heterocycles. The van der Waals surface area contributed by atoms with Crippen LogP contribution in [0.1, 0.15) is 18.4 Å². The molecule has 0 saturated carbocycles. The number of aryl methyl sites for hydroxylation is 1. The molecule has 2 heterocycles. The van der Waals surface area contributed by atoms with Crippen molar-refractivity contribution in [3.63, 3.8) is 0 Å². The van der Waals surface area contributed by atoms with Crippen LogP contribution in [0.5, 0.6) is 0 Å². The largest absolute Gasteiger partial charge is 0.442 e. The number of ether oxygens (including phenoxy) is 1. The second-order valence-corrected chi connectivity index (χ2v) is 7.45. The predicted octanol–water partition coefficient (Wildman–Crippen LogP) is 2.98. The van der Waals surface area contributed by atoms with Gasteiger partial charge in [-0.1, -0.05) is 11.3 Å². The first kappa shape index (κ1) is 19.5. The third-order valence-corrected chi connectivity index (χ3v) is 5.22. The number of hydrogen-bond donors (Lipinski definition) is 1. The van der Waals surface area contributed by atoms with Gasteiger partial charge in [-0.15, -0.1) is 21.8 Å². The fraction of sp³-hybridized carbons (Fsp3) is 0.412. The van der Waals surface area contributed by atoms with E-state index in [9.17, 15) is 14.0 Å². The Balaban J connectivity index is 1.72. The van der Waals surface area contributed by atoms with Crippen LogP contribution in [0.3, 0.4) is 0 Å². The fourth-order valence-electron chi connectivity index (χ4n) is 2.62. The quantitative estimate of drug-likeness (QED) is 0.707. The summed E-state index contributed by atoms with van der Waals surface area (Å²) in [6.45, 7) is 1.84. The van der Waals surface area contributed by atoms with Crippen LogP contribution in [-0.2, 0) is 16.0 Å². The lowest BCUT2D eigenvalue weighted by atomic mass is 10.2. The number of aromatic nitrogens is 2. The van der Waals surface area contributed by atoms with Gasteiger partial charge in [-0.3, -0.25) is 9.69 Å². The third kappa shape index (κ3) is 4.72. The van der Waals surface area contributed by atoms with E-state index < -0.39 is 18.0 Å². The molecule has 2 aromatic rings. The molecule has 1 fully saturated rings. The first-order valence-electron chi connectivity index (χ1n) is 8.38. The molecular weight excluding hydrogens is 395 g/mol. The summed E-state index contributed by atoms with van der Waals surface area (Å²) in [5.41, 5.74) is 0.717. The summed E-state index contributed by atoms with van der Waals surface area (Å²) in [6.07, 6.45) is 0.443. The van der Waals surface area contributed by atoms with E-state index in [0.717, 1.165) is 11.4 Å². The molecule has 1 saturated heterocycles. The molecule has 0 radical (unpaired) electrons. The summed E-state index contributed by atoms with van der Waals surface area (Å²) in [4.78, 5) is 24.4. The van der Waals surface area contributed by atoms with Crippen LogP contribution in [0.15, 0.2) is 18.2 Å². The van der Waals surface area contributed by atoms with Crippen molar-refractivity contribution in [1.82, 2.24) is 15.5 Å². The Morgan fingerprint density at radius 1 is 1.48 bits per heavy atom. The van der Waals surface area contributed by atoms with Crippen molar-refractivity contribution in [2.45, 2.75) is 25.9 Å². The van der Waals surface area contributed by atoms with Crippen LogP contribution in [-0.4, -0.2) is 47.3 Å². The molecule has 144 valence electrons. The van der Waals surface area contributed by atoms with E-state index in [1.54, 1.807) is 12.1 Å². The Kier molecular flexibility index (Phi) is 6.22. The normalized spacial score (nSPS) is 16.5. The number of alkyl halides is 1. The first-order valence-corrected chi connectivity index (χ1v) is 9.74. The number of anilines is 1. The molecule has 27 heavy (non-hydrogen) atoms. The average molecular weight is 413 g/mol. The van der Waals surface area contributed by atoms with E-state index in [2.05, 4.69) is 15.5 Å². The van der Waals surface area contributed by atoms with E-state index in [1.165, 1.54) is 29.2 Å². The molecule has 1 N–H and O–H groups in total. The van der Waals surface area contributed by atoms with Crippen LogP contribution >= 0.6 is 22.9 Å². The van der Waals surface area contributed by atoms with E-state index in [1.807, 2.05) is 0 Å². The Morgan fingerprint density at radius 3 is 3.00 bits per heavy atom. The van der Waals surface area contributed by atoms with Crippen molar-refractivity contribution < 1.29 is 18.7 Å². The van der Waals surface area contributed by atoms with Gasteiger partial charge in [-0.05, 0) is 24.6 Å². The van der Waals surface area contributed by atoms with Crippen molar-refractivity contribution in [2.24, 2.45) is 0 Å². The molecule has 10 heteroatoms. The summed E-state index contributed by atoms with van der Waals surface area (Å²) in [5, 5.41) is 12.0. The average Bonchev–Trinajstić information content (AvgIpc) is 3.24. The summed E-state index contributed by atoms with van der Waals surface area (Å²) in [5.74, 6) is -0.166. The lowest BCUT2D eigenvalue weighted by Gasteiger charge is -2.14. The second-order valence-electron chi connectivity index (χ2n) is 6.01.